The minimum atomic E-state index is -3.50. The standard InChI is InChI=1S/C13H14ClN3O2S2/c14-12-4-5-13(20-12)21(18,19)17-8-2-1-3-11(17)9-7-15-16-10(9)6-8/h4-5,7-8,11H,1-3,6H2,(H,15,16). The molecule has 1 N–H and O–H groups in total. The van der Waals surface area contributed by atoms with Crippen molar-refractivity contribution >= 4 is 33.0 Å². The lowest BCUT2D eigenvalue weighted by atomic mass is 9.86. The molecule has 8 heteroatoms. The summed E-state index contributed by atoms with van der Waals surface area (Å²) >= 11 is 7.03. The summed E-state index contributed by atoms with van der Waals surface area (Å²) in [6.07, 6.45) is 5.28. The van der Waals surface area contributed by atoms with Gasteiger partial charge in [-0.3, -0.25) is 5.10 Å². The van der Waals surface area contributed by atoms with Crippen molar-refractivity contribution in [2.24, 2.45) is 0 Å². The molecule has 1 fully saturated rings. The quantitative estimate of drug-likeness (QED) is 0.911. The number of nitrogens with one attached hydrogen (secondary N) is 1. The molecule has 2 aliphatic rings. The first-order valence-electron chi connectivity index (χ1n) is 6.88. The van der Waals surface area contributed by atoms with Crippen molar-refractivity contribution in [3.05, 3.63) is 33.9 Å². The summed E-state index contributed by atoms with van der Waals surface area (Å²) in [7, 11) is -3.50. The minimum absolute atomic E-state index is 0.0163. The first kappa shape index (κ1) is 13.8. The van der Waals surface area contributed by atoms with Crippen LogP contribution >= 0.6 is 22.9 Å². The van der Waals surface area contributed by atoms with E-state index in [2.05, 4.69) is 10.2 Å². The largest absolute Gasteiger partial charge is 0.282 e. The maximum absolute atomic E-state index is 13.0. The first-order valence-corrected chi connectivity index (χ1v) is 9.52. The van der Waals surface area contributed by atoms with Gasteiger partial charge in [0, 0.05) is 23.7 Å². The van der Waals surface area contributed by atoms with Crippen molar-refractivity contribution in [3.8, 4) is 0 Å². The van der Waals surface area contributed by atoms with Crippen LogP contribution in [0.1, 0.15) is 36.6 Å². The fourth-order valence-electron chi connectivity index (χ4n) is 3.45. The molecule has 0 aromatic carbocycles. The molecule has 2 unspecified atom stereocenters. The Bertz CT molecular complexity index is 783. The molecule has 2 aromatic heterocycles. The van der Waals surface area contributed by atoms with Crippen LogP contribution in [-0.2, 0) is 16.4 Å². The maximum Gasteiger partial charge on any atom is 0.253 e. The molecule has 1 saturated heterocycles. The highest BCUT2D eigenvalue weighted by molar-refractivity contribution is 7.91. The fourth-order valence-corrected chi connectivity index (χ4v) is 6.89. The maximum atomic E-state index is 13.0. The highest BCUT2D eigenvalue weighted by Gasteiger charge is 2.45. The van der Waals surface area contributed by atoms with Gasteiger partial charge in [0.2, 0.25) is 0 Å². The molecule has 2 atom stereocenters. The summed E-state index contributed by atoms with van der Waals surface area (Å²) in [6.45, 7) is 0. The van der Waals surface area contributed by atoms with Gasteiger partial charge in [0.25, 0.3) is 10.0 Å². The van der Waals surface area contributed by atoms with Gasteiger partial charge < -0.3 is 0 Å². The molecule has 0 saturated carbocycles. The Balaban J connectivity index is 1.82. The number of rotatable bonds is 2. The van der Waals surface area contributed by atoms with Crippen LogP contribution in [0.3, 0.4) is 0 Å². The first-order chi connectivity index (χ1) is 10.1. The van der Waals surface area contributed by atoms with E-state index >= 15 is 0 Å². The number of H-pyrrole nitrogens is 1. The summed E-state index contributed by atoms with van der Waals surface area (Å²) < 4.78 is 28.5. The van der Waals surface area contributed by atoms with E-state index in [-0.39, 0.29) is 12.1 Å². The van der Waals surface area contributed by atoms with E-state index in [1.54, 1.807) is 22.6 Å². The highest BCUT2D eigenvalue weighted by atomic mass is 35.5. The van der Waals surface area contributed by atoms with E-state index in [4.69, 9.17) is 11.6 Å². The summed E-state index contributed by atoms with van der Waals surface area (Å²) in [6, 6.07) is 3.16. The summed E-state index contributed by atoms with van der Waals surface area (Å²) in [4.78, 5) is 0. The Morgan fingerprint density at radius 2 is 2.24 bits per heavy atom. The SMILES string of the molecule is O=S(=O)(c1ccc(Cl)s1)N1C2CCCC1c1cn[nH]c1C2. The molecule has 2 aromatic rings. The molecular weight excluding hydrogens is 330 g/mol. The van der Waals surface area contributed by atoms with Gasteiger partial charge in [0.15, 0.2) is 0 Å². The zero-order chi connectivity index (χ0) is 14.6. The van der Waals surface area contributed by atoms with Gasteiger partial charge in [-0.1, -0.05) is 11.6 Å². The van der Waals surface area contributed by atoms with Crippen molar-refractivity contribution in [2.45, 2.75) is 42.0 Å². The number of hydrogen-bond acceptors (Lipinski definition) is 4. The van der Waals surface area contributed by atoms with Crippen LogP contribution < -0.4 is 0 Å². The molecule has 4 heterocycles. The van der Waals surface area contributed by atoms with Gasteiger partial charge >= 0.3 is 0 Å². The fraction of sp³-hybridized carbons (Fsp3) is 0.462. The average Bonchev–Trinajstić information content (AvgIpc) is 3.07. The number of halogens is 1. The molecule has 4 rings (SSSR count). The number of hydrogen-bond donors (Lipinski definition) is 1. The molecule has 112 valence electrons. The second-order valence-corrected chi connectivity index (χ2v) is 9.29. The Hall–Kier alpha value is -0.890. The molecular formula is C13H14ClN3O2S2. The van der Waals surface area contributed by atoms with Crippen LogP contribution in [0.2, 0.25) is 4.34 Å². The van der Waals surface area contributed by atoms with Crippen LogP contribution in [0.5, 0.6) is 0 Å². The van der Waals surface area contributed by atoms with Gasteiger partial charge in [-0.25, -0.2) is 8.42 Å². The van der Waals surface area contributed by atoms with E-state index in [1.807, 2.05) is 0 Å². The van der Waals surface area contributed by atoms with E-state index < -0.39 is 10.0 Å². The summed E-state index contributed by atoms with van der Waals surface area (Å²) in [5, 5.41) is 7.10. The van der Waals surface area contributed by atoms with Gasteiger partial charge in [-0.15, -0.1) is 11.3 Å². The van der Waals surface area contributed by atoms with E-state index in [0.717, 1.165) is 41.9 Å². The number of thiophene rings is 1. The van der Waals surface area contributed by atoms with Crippen LogP contribution in [0, 0.1) is 0 Å². The Morgan fingerprint density at radius 3 is 3.00 bits per heavy atom. The minimum Gasteiger partial charge on any atom is -0.282 e. The molecule has 0 amide bonds. The molecule has 5 nitrogen and oxygen atoms in total. The Morgan fingerprint density at radius 1 is 1.38 bits per heavy atom. The number of fused-ring (bicyclic) bond motifs is 4. The van der Waals surface area contributed by atoms with E-state index in [0.29, 0.717) is 15.0 Å². The summed E-state index contributed by atoms with van der Waals surface area (Å²) in [5.41, 5.74) is 2.11. The van der Waals surface area contributed by atoms with Crippen LogP contribution in [-0.4, -0.2) is 29.0 Å². The monoisotopic (exact) mass is 343 g/mol. The molecule has 2 aliphatic heterocycles. The van der Waals surface area contributed by atoms with Crippen LogP contribution in [0.4, 0.5) is 0 Å². The summed E-state index contributed by atoms with van der Waals surface area (Å²) in [5.74, 6) is 0. The average molecular weight is 344 g/mol. The number of aromatic nitrogens is 2. The smallest absolute Gasteiger partial charge is 0.253 e. The van der Waals surface area contributed by atoms with Gasteiger partial charge in [0.1, 0.15) is 4.21 Å². The van der Waals surface area contributed by atoms with E-state index in [9.17, 15) is 8.42 Å². The molecule has 0 radical (unpaired) electrons. The second kappa shape index (κ2) is 4.81. The zero-order valence-corrected chi connectivity index (χ0v) is 13.5. The molecule has 21 heavy (non-hydrogen) atoms. The number of nitrogens with zero attached hydrogens (tertiary/aromatic N) is 2. The van der Waals surface area contributed by atoms with Gasteiger partial charge in [-0.05, 0) is 31.4 Å². The lowest BCUT2D eigenvalue weighted by molar-refractivity contribution is 0.163. The number of aromatic amines is 1. The number of sulfonamides is 1. The van der Waals surface area contributed by atoms with Crippen molar-refractivity contribution in [3.63, 3.8) is 0 Å². The third-order valence-electron chi connectivity index (χ3n) is 4.31. The third kappa shape index (κ3) is 2.06. The zero-order valence-electron chi connectivity index (χ0n) is 11.1. The predicted octanol–water partition coefficient (Wildman–Crippen LogP) is 2.97. The van der Waals surface area contributed by atoms with Gasteiger partial charge in [-0.2, -0.15) is 9.40 Å². The van der Waals surface area contributed by atoms with E-state index in [1.165, 1.54) is 0 Å². The highest BCUT2D eigenvalue weighted by Crippen LogP contribution is 2.45. The van der Waals surface area contributed by atoms with Crippen molar-refractivity contribution < 1.29 is 8.42 Å². The van der Waals surface area contributed by atoms with Crippen LogP contribution in [0.15, 0.2) is 22.5 Å². The molecule has 0 aliphatic carbocycles. The van der Waals surface area contributed by atoms with Crippen LogP contribution in [0.25, 0.3) is 0 Å². The Labute approximate surface area is 132 Å². The lowest BCUT2D eigenvalue weighted by Crippen LogP contribution is -2.49. The van der Waals surface area contributed by atoms with Crippen molar-refractivity contribution in [2.75, 3.05) is 0 Å². The van der Waals surface area contributed by atoms with Crippen molar-refractivity contribution in [1.29, 1.82) is 0 Å². The lowest BCUT2D eigenvalue weighted by Gasteiger charge is -2.44. The van der Waals surface area contributed by atoms with Gasteiger partial charge in [0.05, 0.1) is 16.6 Å². The molecule has 0 spiro atoms. The second-order valence-electron chi connectivity index (χ2n) is 5.50. The Kier molecular flexibility index (Phi) is 3.15. The normalized spacial score (nSPS) is 25.8. The third-order valence-corrected chi connectivity index (χ3v) is 7.97. The predicted molar refractivity (Wildman–Crippen MR) is 81.0 cm³/mol. The van der Waals surface area contributed by atoms with Crippen molar-refractivity contribution in [1.82, 2.24) is 14.5 Å². The molecule has 2 bridgehead atoms. The number of piperidine rings is 1. The topological polar surface area (TPSA) is 66.1 Å².